The van der Waals surface area contributed by atoms with Gasteiger partial charge in [0.05, 0.1) is 12.0 Å². The molecule has 4 nitrogen and oxygen atoms in total. The van der Waals surface area contributed by atoms with Crippen LogP contribution in [0.2, 0.25) is 0 Å². The first kappa shape index (κ1) is 15.7. The molecule has 0 radical (unpaired) electrons. The van der Waals surface area contributed by atoms with E-state index in [1.165, 1.54) is 0 Å². The Morgan fingerprint density at radius 1 is 1.50 bits per heavy atom. The predicted octanol–water partition coefficient (Wildman–Crippen LogP) is 1.91. The highest BCUT2D eigenvalue weighted by molar-refractivity contribution is 6.17. The van der Waals surface area contributed by atoms with Crippen molar-refractivity contribution in [2.45, 2.75) is 33.3 Å². The van der Waals surface area contributed by atoms with Crippen molar-refractivity contribution in [3.05, 3.63) is 0 Å². The van der Waals surface area contributed by atoms with Crippen LogP contribution in [0.1, 0.15) is 27.2 Å². The van der Waals surface area contributed by atoms with Gasteiger partial charge in [0.25, 0.3) is 0 Å². The molecule has 0 aromatic heterocycles. The molecule has 1 heterocycles. The lowest BCUT2D eigenvalue weighted by atomic mass is 9.97. The summed E-state index contributed by atoms with van der Waals surface area (Å²) in [4.78, 5) is 14.0. The van der Waals surface area contributed by atoms with E-state index in [-0.39, 0.29) is 12.1 Å². The third-order valence-electron chi connectivity index (χ3n) is 2.84. The maximum absolute atomic E-state index is 11.7. The molecule has 1 saturated heterocycles. The Kier molecular flexibility index (Phi) is 6.39. The highest BCUT2D eigenvalue weighted by atomic mass is 35.5. The van der Waals surface area contributed by atoms with Gasteiger partial charge in [-0.15, -0.1) is 11.6 Å². The zero-order chi connectivity index (χ0) is 13.6. The summed E-state index contributed by atoms with van der Waals surface area (Å²) >= 11 is 5.68. The van der Waals surface area contributed by atoms with Gasteiger partial charge in [-0.05, 0) is 33.7 Å². The number of hydrogen-bond acceptors (Lipinski definition) is 4. The van der Waals surface area contributed by atoms with Crippen LogP contribution in [0.25, 0.3) is 0 Å². The van der Waals surface area contributed by atoms with E-state index in [1.54, 1.807) is 0 Å². The maximum Gasteiger partial charge on any atom is 0.311 e. The van der Waals surface area contributed by atoms with Gasteiger partial charge in [0.2, 0.25) is 0 Å². The molecule has 0 bridgehead atoms. The molecule has 0 spiro atoms. The molecule has 0 amide bonds. The molecule has 5 heteroatoms. The lowest BCUT2D eigenvalue weighted by Gasteiger charge is -2.32. The van der Waals surface area contributed by atoms with Gasteiger partial charge in [-0.25, -0.2) is 0 Å². The lowest BCUT2D eigenvalue weighted by Crippen LogP contribution is -2.45. The van der Waals surface area contributed by atoms with Gasteiger partial charge in [-0.3, -0.25) is 9.69 Å². The maximum atomic E-state index is 11.7. The summed E-state index contributed by atoms with van der Waals surface area (Å²) in [5.74, 6) is 0.505. The minimum atomic E-state index is -0.451. The number of morpholine rings is 1. The molecule has 0 aromatic carbocycles. The average Bonchev–Trinajstić information content (AvgIpc) is 2.32. The molecule has 1 atom stereocenters. The quantitative estimate of drug-likeness (QED) is 0.568. The van der Waals surface area contributed by atoms with E-state index in [0.717, 1.165) is 26.1 Å². The standard InChI is InChI=1S/C13H24ClNO3/c1-13(2,3)12(16)18-10-11-9-15(6-4-5-14)7-8-17-11/h11H,4-10H2,1-3H3/t11-/m0/s1. The van der Waals surface area contributed by atoms with E-state index in [4.69, 9.17) is 21.1 Å². The van der Waals surface area contributed by atoms with Crippen molar-refractivity contribution in [3.63, 3.8) is 0 Å². The second kappa shape index (κ2) is 7.31. The van der Waals surface area contributed by atoms with Gasteiger partial charge in [0, 0.05) is 19.0 Å². The van der Waals surface area contributed by atoms with Crippen molar-refractivity contribution in [1.82, 2.24) is 4.90 Å². The Balaban J connectivity index is 2.28. The average molecular weight is 278 g/mol. The van der Waals surface area contributed by atoms with Crippen LogP contribution >= 0.6 is 11.6 Å². The number of rotatable bonds is 5. The fraction of sp³-hybridized carbons (Fsp3) is 0.923. The Morgan fingerprint density at radius 3 is 2.83 bits per heavy atom. The lowest BCUT2D eigenvalue weighted by molar-refractivity contribution is -0.159. The molecule has 0 aliphatic carbocycles. The number of alkyl halides is 1. The molecule has 1 rings (SSSR count). The number of carbonyl (C=O) groups is 1. The van der Waals surface area contributed by atoms with E-state index in [1.807, 2.05) is 20.8 Å². The Hall–Kier alpha value is -0.320. The summed E-state index contributed by atoms with van der Waals surface area (Å²) in [6.45, 7) is 9.32. The van der Waals surface area contributed by atoms with Gasteiger partial charge in [-0.2, -0.15) is 0 Å². The van der Waals surface area contributed by atoms with Gasteiger partial charge >= 0.3 is 5.97 Å². The van der Waals surface area contributed by atoms with Crippen LogP contribution in [-0.2, 0) is 14.3 Å². The smallest absolute Gasteiger partial charge is 0.311 e. The fourth-order valence-corrected chi connectivity index (χ4v) is 1.87. The molecule has 0 unspecified atom stereocenters. The first-order valence-corrected chi connectivity index (χ1v) is 7.04. The number of halogens is 1. The Labute approximate surface area is 115 Å². The molecule has 1 aliphatic rings. The van der Waals surface area contributed by atoms with Crippen LogP contribution in [0.15, 0.2) is 0 Å². The molecule has 0 N–H and O–H groups in total. The van der Waals surface area contributed by atoms with Crippen molar-refractivity contribution in [2.75, 3.05) is 38.7 Å². The summed E-state index contributed by atoms with van der Waals surface area (Å²) in [5.41, 5.74) is -0.451. The normalized spacial score (nSPS) is 21.9. The first-order valence-electron chi connectivity index (χ1n) is 6.50. The van der Waals surface area contributed by atoms with E-state index >= 15 is 0 Å². The van der Waals surface area contributed by atoms with Crippen molar-refractivity contribution < 1.29 is 14.3 Å². The van der Waals surface area contributed by atoms with Crippen molar-refractivity contribution in [1.29, 1.82) is 0 Å². The second-order valence-electron chi connectivity index (χ2n) is 5.68. The second-order valence-corrected chi connectivity index (χ2v) is 6.06. The number of carbonyl (C=O) groups excluding carboxylic acids is 1. The van der Waals surface area contributed by atoms with Crippen LogP contribution in [0.4, 0.5) is 0 Å². The van der Waals surface area contributed by atoms with E-state index in [0.29, 0.717) is 19.1 Å². The number of nitrogens with zero attached hydrogens (tertiary/aromatic N) is 1. The predicted molar refractivity (Wildman–Crippen MR) is 71.9 cm³/mol. The molecule has 0 aromatic rings. The fourth-order valence-electron chi connectivity index (χ4n) is 1.75. The van der Waals surface area contributed by atoms with Crippen LogP contribution in [0, 0.1) is 5.41 Å². The van der Waals surface area contributed by atoms with E-state index in [2.05, 4.69) is 4.90 Å². The summed E-state index contributed by atoms with van der Waals surface area (Å²) in [7, 11) is 0. The zero-order valence-electron chi connectivity index (χ0n) is 11.6. The summed E-state index contributed by atoms with van der Waals surface area (Å²) in [5, 5.41) is 0. The number of ether oxygens (including phenoxy) is 2. The molecule has 1 aliphatic heterocycles. The zero-order valence-corrected chi connectivity index (χ0v) is 12.3. The van der Waals surface area contributed by atoms with E-state index < -0.39 is 5.41 Å². The molecule has 1 fully saturated rings. The summed E-state index contributed by atoms with van der Waals surface area (Å²) in [6, 6.07) is 0. The largest absolute Gasteiger partial charge is 0.462 e. The Morgan fingerprint density at radius 2 is 2.22 bits per heavy atom. The minimum Gasteiger partial charge on any atom is -0.462 e. The molecule has 0 saturated carbocycles. The van der Waals surface area contributed by atoms with Crippen LogP contribution < -0.4 is 0 Å². The summed E-state index contributed by atoms with van der Waals surface area (Å²) < 4.78 is 10.9. The van der Waals surface area contributed by atoms with Crippen molar-refractivity contribution >= 4 is 17.6 Å². The highest BCUT2D eigenvalue weighted by Crippen LogP contribution is 2.16. The SMILES string of the molecule is CC(C)(C)C(=O)OC[C@@H]1CN(CCCCl)CCO1. The Bertz CT molecular complexity index is 265. The monoisotopic (exact) mass is 277 g/mol. The van der Waals surface area contributed by atoms with Crippen LogP contribution in [0.3, 0.4) is 0 Å². The molecule has 18 heavy (non-hydrogen) atoms. The molecule has 106 valence electrons. The minimum absolute atomic E-state index is 0.0135. The van der Waals surface area contributed by atoms with Gasteiger partial charge in [-0.1, -0.05) is 0 Å². The third-order valence-corrected chi connectivity index (χ3v) is 3.11. The molecular weight excluding hydrogens is 254 g/mol. The number of hydrogen-bond donors (Lipinski definition) is 0. The van der Waals surface area contributed by atoms with E-state index in [9.17, 15) is 4.79 Å². The van der Waals surface area contributed by atoms with Gasteiger partial charge in [0.1, 0.15) is 12.7 Å². The van der Waals surface area contributed by atoms with Crippen molar-refractivity contribution in [2.24, 2.45) is 5.41 Å². The van der Waals surface area contributed by atoms with Crippen LogP contribution in [-0.4, -0.2) is 55.7 Å². The van der Waals surface area contributed by atoms with Crippen LogP contribution in [0.5, 0.6) is 0 Å². The van der Waals surface area contributed by atoms with Crippen molar-refractivity contribution in [3.8, 4) is 0 Å². The van der Waals surface area contributed by atoms with Gasteiger partial charge in [0.15, 0.2) is 0 Å². The topological polar surface area (TPSA) is 38.8 Å². The highest BCUT2D eigenvalue weighted by Gasteiger charge is 2.26. The number of esters is 1. The first-order chi connectivity index (χ1) is 8.43. The van der Waals surface area contributed by atoms with Gasteiger partial charge < -0.3 is 9.47 Å². The summed E-state index contributed by atoms with van der Waals surface area (Å²) in [6.07, 6.45) is 0.969. The molecular formula is C13H24ClNO3. The third kappa shape index (κ3) is 5.55.